The number of ether oxygens (including phenoxy) is 2. The van der Waals surface area contributed by atoms with Crippen molar-refractivity contribution < 1.29 is 14.6 Å². The molecule has 0 amide bonds. The minimum absolute atomic E-state index is 0.148. The van der Waals surface area contributed by atoms with Crippen LogP contribution in [-0.4, -0.2) is 68.0 Å². The number of anilines is 1. The molecule has 194 valence electrons. The first-order chi connectivity index (χ1) is 17.4. The number of nitrogens with one attached hydrogen (secondary N) is 2. The molecule has 2 atom stereocenters. The maximum Gasteiger partial charge on any atom is 0.239 e. The van der Waals surface area contributed by atoms with Gasteiger partial charge in [-0.25, -0.2) is 15.4 Å². The van der Waals surface area contributed by atoms with Crippen molar-refractivity contribution in [2.24, 2.45) is 0 Å². The van der Waals surface area contributed by atoms with Crippen LogP contribution in [0.15, 0.2) is 42.9 Å². The Labute approximate surface area is 220 Å². The summed E-state index contributed by atoms with van der Waals surface area (Å²) in [6.07, 6.45) is 7.82. The third-order valence-corrected chi connectivity index (χ3v) is 6.00. The molecule has 11 nitrogen and oxygen atoms in total. The highest BCUT2D eigenvalue weighted by atomic mass is 35.5. The zero-order chi connectivity index (χ0) is 26.1. The fourth-order valence-corrected chi connectivity index (χ4v) is 4.17. The molecule has 1 aliphatic heterocycles. The van der Waals surface area contributed by atoms with E-state index in [1.54, 1.807) is 33.5 Å². The van der Waals surface area contributed by atoms with Crippen molar-refractivity contribution in [3.8, 4) is 17.2 Å². The van der Waals surface area contributed by atoms with Gasteiger partial charge in [-0.05, 0) is 37.1 Å². The van der Waals surface area contributed by atoms with Gasteiger partial charge in [-0.2, -0.15) is 0 Å². The normalized spacial score (nSPS) is 15.3. The fourth-order valence-electron chi connectivity index (χ4n) is 3.40. The second-order valence-electron chi connectivity index (χ2n) is 7.66. The highest BCUT2D eigenvalue weighted by molar-refractivity contribution is 8.01. The summed E-state index contributed by atoms with van der Waals surface area (Å²) >= 11 is 7.39. The molecule has 13 heteroatoms. The lowest BCUT2D eigenvalue weighted by atomic mass is 10.2. The quantitative estimate of drug-likeness (QED) is 0.350. The summed E-state index contributed by atoms with van der Waals surface area (Å²) in [6, 6.07) is 5.46. The summed E-state index contributed by atoms with van der Waals surface area (Å²) in [4.78, 5) is 8.55. The SMILES string of the molecule is CCO.COc1cccc(OC)c1-n1c(NS[C@H](C)Cc2ncc(Cl)cn2)nnc1C1C=CN(C)N1. The molecule has 2 aromatic heterocycles. The Morgan fingerprint density at radius 3 is 2.39 bits per heavy atom. The molecule has 0 saturated carbocycles. The summed E-state index contributed by atoms with van der Waals surface area (Å²) < 4.78 is 16.6. The van der Waals surface area contributed by atoms with Gasteiger partial charge in [0, 0.05) is 43.9 Å². The van der Waals surface area contributed by atoms with Gasteiger partial charge in [-0.15, -0.1) is 10.2 Å². The molecule has 0 radical (unpaired) electrons. The van der Waals surface area contributed by atoms with Crippen LogP contribution in [0.1, 0.15) is 31.5 Å². The summed E-state index contributed by atoms with van der Waals surface area (Å²) in [5, 5.41) is 19.0. The Morgan fingerprint density at radius 2 is 1.83 bits per heavy atom. The zero-order valence-electron chi connectivity index (χ0n) is 20.8. The number of hydrazine groups is 1. The molecule has 0 spiro atoms. The molecular formula is C23H31ClN8O3S. The molecule has 1 unspecified atom stereocenters. The van der Waals surface area contributed by atoms with Gasteiger partial charge in [0.05, 0.1) is 19.2 Å². The van der Waals surface area contributed by atoms with Gasteiger partial charge in [0.2, 0.25) is 5.95 Å². The third-order valence-electron chi connectivity index (χ3n) is 4.93. The molecule has 1 aromatic carbocycles. The van der Waals surface area contributed by atoms with Crippen LogP contribution in [0.2, 0.25) is 5.02 Å². The molecule has 36 heavy (non-hydrogen) atoms. The fraction of sp³-hybridized carbons (Fsp3) is 0.391. The van der Waals surface area contributed by atoms with E-state index in [4.69, 9.17) is 26.2 Å². The molecule has 0 aliphatic carbocycles. The van der Waals surface area contributed by atoms with E-state index in [1.165, 1.54) is 11.9 Å². The van der Waals surface area contributed by atoms with Crippen molar-refractivity contribution in [2.45, 2.75) is 31.6 Å². The summed E-state index contributed by atoms with van der Waals surface area (Å²) in [5.74, 6) is 3.24. The van der Waals surface area contributed by atoms with E-state index < -0.39 is 0 Å². The lowest BCUT2D eigenvalue weighted by molar-refractivity contribution is 0.318. The van der Waals surface area contributed by atoms with Crippen LogP contribution in [0.3, 0.4) is 0 Å². The van der Waals surface area contributed by atoms with Gasteiger partial charge >= 0.3 is 0 Å². The second kappa shape index (κ2) is 13.3. The average molecular weight is 535 g/mol. The summed E-state index contributed by atoms with van der Waals surface area (Å²) in [5.41, 5.74) is 4.04. The predicted octanol–water partition coefficient (Wildman–Crippen LogP) is 3.42. The molecule has 4 rings (SSSR count). The standard InChI is InChI=1S/C21H25ClN8O2S.C2H6O/c1-13(10-18-23-11-14(22)12-24-18)33-28-21-26-25-20(15-8-9-29(2)27-15)30(21)19-16(31-3)6-5-7-17(19)32-4;1-2-3/h5-9,11-13,15,27H,10H2,1-4H3,(H,26,28);3H,2H2,1H3/t13-,15?;/m1./s1. The van der Waals surface area contributed by atoms with E-state index in [-0.39, 0.29) is 17.9 Å². The number of hydrogen-bond donors (Lipinski definition) is 3. The van der Waals surface area contributed by atoms with Crippen molar-refractivity contribution in [1.29, 1.82) is 0 Å². The number of benzene rings is 1. The van der Waals surface area contributed by atoms with E-state index in [0.717, 1.165) is 5.82 Å². The summed E-state index contributed by atoms with van der Waals surface area (Å²) in [6.45, 7) is 4.01. The molecule has 0 fully saturated rings. The van der Waals surface area contributed by atoms with Crippen molar-refractivity contribution in [1.82, 2.24) is 35.2 Å². The number of methoxy groups -OCH3 is 2. The smallest absolute Gasteiger partial charge is 0.239 e. The number of aliphatic hydroxyl groups excluding tert-OH is 1. The number of rotatable bonds is 9. The van der Waals surface area contributed by atoms with Gasteiger partial charge in [-0.1, -0.05) is 24.6 Å². The number of nitrogens with zero attached hydrogens (tertiary/aromatic N) is 6. The number of halogens is 1. The predicted molar refractivity (Wildman–Crippen MR) is 141 cm³/mol. The van der Waals surface area contributed by atoms with E-state index in [2.05, 4.69) is 37.2 Å². The maximum atomic E-state index is 7.57. The lowest BCUT2D eigenvalue weighted by Crippen LogP contribution is -2.28. The number of aliphatic hydroxyl groups is 1. The molecule has 3 heterocycles. The Bertz CT molecular complexity index is 1120. The molecule has 1 aliphatic rings. The average Bonchev–Trinajstić information content (AvgIpc) is 3.49. The van der Waals surface area contributed by atoms with E-state index in [1.807, 2.05) is 47.1 Å². The Kier molecular flexibility index (Phi) is 10.2. The van der Waals surface area contributed by atoms with E-state index >= 15 is 0 Å². The Morgan fingerprint density at radius 1 is 1.19 bits per heavy atom. The third kappa shape index (κ3) is 6.78. The maximum absolute atomic E-state index is 7.57. The highest BCUT2D eigenvalue weighted by Gasteiger charge is 2.27. The van der Waals surface area contributed by atoms with Crippen molar-refractivity contribution in [2.75, 3.05) is 32.6 Å². The molecule has 0 saturated heterocycles. The minimum atomic E-state index is -0.169. The van der Waals surface area contributed by atoms with Crippen LogP contribution < -0.4 is 19.6 Å². The van der Waals surface area contributed by atoms with Crippen LogP contribution in [0.5, 0.6) is 11.5 Å². The first-order valence-electron chi connectivity index (χ1n) is 11.2. The Balaban J connectivity index is 0.00000115. The van der Waals surface area contributed by atoms with Crippen LogP contribution in [-0.2, 0) is 6.42 Å². The number of aromatic nitrogens is 5. The van der Waals surface area contributed by atoms with Gasteiger partial charge in [-0.3, -0.25) is 9.29 Å². The molecule has 3 aromatic rings. The Hall–Kier alpha value is -3.06. The van der Waals surface area contributed by atoms with Gasteiger partial charge in [0.15, 0.2) is 5.82 Å². The van der Waals surface area contributed by atoms with Crippen molar-refractivity contribution >= 4 is 29.5 Å². The van der Waals surface area contributed by atoms with Gasteiger partial charge in [0.1, 0.15) is 29.1 Å². The van der Waals surface area contributed by atoms with Crippen LogP contribution in [0, 0.1) is 0 Å². The first-order valence-corrected chi connectivity index (χ1v) is 12.5. The second-order valence-corrected chi connectivity index (χ2v) is 9.34. The molecule has 0 bridgehead atoms. The number of hydrogen-bond acceptors (Lipinski definition) is 11. The van der Waals surface area contributed by atoms with Crippen LogP contribution >= 0.6 is 23.5 Å². The van der Waals surface area contributed by atoms with Crippen LogP contribution in [0.25, 0.3) is 5.69 Å². The topological polar surface area (TPSA) is 122 Å². The zero-order valence-corrected chi connectivity index (χ0v) is 22.4. The van der Waals surface area contributed by atoms with Gasteiger partial charge in [0.25, 0.3) is 0 Å². The lowest BCUT2D eigenvalue weighted by Gasteiger charge is -2.20. The molecular weight excluding hydrogens is 504 g/mol. The highest BCUT2D eigenvalue weighted by Crippen LogP contribution is 2.37. The van der Waals surface area contributed by atoms with E-state index in [0.29, 0.717) is 40.4 Å². The largest absolute Gasteiger partial charge is 0.494 e. The first kappa shape index (κ1) is 27.5. The van der Waals surface area contributed by atoms with Crippen molar-refractivity contribution in [3.63, 3.8) is 0 Å². The monoisotopic (exact) mass is 534 g/mol. The van der Waals surface area contributed by atoms with Crippen LogP contribution in [0.4, 0.5) is 5.95 Å². The molecule has 3 N–H and O–H groups in total. The van der Waals surface area contributed by atoms with E-state index in [9.17, 15) is 0 Å². The van der Waals surface area contributed by atoms with Gasteiger partial charge < -0.3 is 19.6 Å². The number of para-hydroxylation sites is 1. The summed E-state index contributed by atoms with van der Waals surface area (Å²) in [7, 11) is 5.18. The van der Waals surface area contributed by atoms with Crippen molar-refractivity contribution in [3.05, 3.63) is 59.5 Å². The minimum Gasteiger partial charge on any atom is -0.494 e.